The van der Waals surface area contributed by atoms with Gasteiger partial charge in [0.1, 0.15) is 17.1 Å². The van der Waals surface area contributed by atoms with Crippen LogP contribution >= 0.6 is 0 Å². The van der Waals surface area contributed by atoms with Gasteiger partial charge in [0.15, 0.2) is 0 Å². The predicted octanol–water partition coefficient (Wildman–Crippen LogP) is 2.55. The number of aromatic carboxylic acids is 1. The molecule has 8 heteroatoms. The lowest BCUT2D eigenvalue weighted by atomic mass is 10.2. The van der Waals surface area contributed by atoms with Gasteiger partial charge in [0.2, 0.25) is 0 Å². The summed E-state index contributed by atoms with van der Waals surface area (Å²) in [7, 11) is 3.40. The number of aryl methyl sites for hydroxylation is 1. The monoisotopic (exact) mass is 311 g/mol. The summed E-state index contributed by atoms with van der Waals surface area (Å²) < 4.78 is 30.0. The van der Waals surface area contributed by atoms with Gasteiger partial charge in [-0.3, -0.25) is 0 Å². The van der Waals surface area contributed by atoms with Crippen molar-refractivity contribution in [3.8, 4) is 11.4 Å². The van der Waals surface area contributed by atoms with E-state index in [-0.39, 0.29) is 11.3 Å². The Kier molecular flexibility index (Phi) is 4.30. The lowest BCUT2D eigenvalue weighted by molar-refractivity contribution is -0.0498. The van der Waals surface area contributed by atoms with Crippen LogP contribution in [0.5, 0.6) is 5.75 Å². The van der Waals surface area contributed by atoms with E-state index in [2.05, 4.69) is 9.84 Å². The standard InChI is InChI=1S/C14H15F2N3O3/c1-8-11(13(20)21)12(18(2)3)19(17-8)9-4-6-10(7-5-9)22-14(15)16/h4-7,14H,1-3H3,(H,20,21). The maximum atomic E-state index is 12.1. The molecule has 22 heavy (non-hydrogen) atoms. The van der Waals surface area contributed by atoms with Crippen molar-refractivity contribution in [3.05, 3.63) is 35.5 Å². The Morgan fingerprint density at radius 1 is 1.32 bits per heavy atom. The second-order valence-corrected chi connectivity index (χ2v) is 4.77. The highest BCUT2D eigenvalue weighted by Crippen LogP contribution is 2.27. The van der Waals surface area contributed by atoms with E-state index in [1.807, 2.05) is 0 Å². The van der Waals surface area contributed by atoms with Crippen molar-refractivity contribution in [1.29, 1.82) is 0 Å². The van der Waals surface area contributed by atoms with E-state index < -0.39 is 12.6 Å². The molecule has 0 bridgehead atoms. The molecule has 0 aliphatic carbocycles. The molecule has 2 aromatic rings. The second-order valence-electron chi connectivity index (χ2n) is 4.77. The average molecular weight is 311 g/mol. The predicted molar refractivity (Wildman–Crippen MR) is 76.2 cm³/mol. The first-order valence-electron chi connectivity index (χ1n) is 6.36. The van der Waals surface area contributed by atoms with E-state index >= 15 is 0 Å². The third kappa shape index (κ3) is 3.00. The van der Waals surface area contributed by atoms with Crippen molar-refractivity contribution < 1.29 is 23.4 Å². The zero-order valence-corrected chi connectivity index (χ0v) is 12.2. The van der Waals surface area contributed by atoms with Crippen molar-refractivity contribution in [2.45, 2.75) is 13.5 Å². The summed E-state index contributed by atoms with van der Waals surface area (Å²) in [5, 5.41) is 13.5. The molecule has 6 nitrogen and oxygen atoms in total. The Labute approximate surface area is 125 Å². The van der Waals surface area contributed by atoms with Crippen LogP contribution in [0.3, 0.4) is 0 Å². The van der Waals surface area contributed by atoms with Crippen molar-refractivity contribution in [2.75, 3.05) is 19.0 Å². The number of benzene rings is 1. The molecular weight excluding hydrogens is 296 g/mol. The van der Waals surface area contributed by atoms with Gasteiger partial charge in [-0.2, -0.15) is 13.9 Å². The Balaban J connectivity index is 2.48. The molecule has 118 valence electrons. The molecule has 1 N–H and O–H groups in total. The van der Waals surface area contributed by atoms with Crippen LogP contribution in [0.15, 0.2) is 24.3 Å². The largest absolute Gasteiger partial charge is 0.477 e. The van der Waals surface area contributed by atoms with Gasteiger partial charge in [0.05, 0.1) is 11.4 Å². The molecule has 0 saturated carbocycles. The highest BCUT2D eigenvalue weighted by Gasteiger charge is 2.23. The number of ether oxygens (including phenoxy) is 1. The first kappa shape index (κ1) is 15.7. The Morgan fingerprint density at radius 3 is 2.36 bits per heavy atom. The first-order valence-corrected chi connectivity index (χ1v) is 6.36. The number of aromatic nitrogens is 2. The highest BCUT2D eigenvalue weighted by atomic mass is 19.3. The van der Waals surface area contributed by atoms with Crippen LogP contribution < -0.4 is 9.64 Å². The van der Waals surface area contributed by atoms with Gasteiger partial charge in [-0.15, -0.1) is 0 Å². The normalized spacial score (nSPS) is 10.8. The molecule has 0 aliphatic heterocycles. The maximum absolute atomic E-state index is 12.1. The zero-order chi connectivity index (χ0) is 16.4. The van der Waals surface area contributed by atoms with Crippen LogP contribution in [0.4, 0.5) is 14.6 Å². The summed E-state index contributed by atoms with van der Waals surface area (Å²) >= 11 is 0. The Bertz CT molecular complexity index is 681. The summed E-state index contributed by atoms with van der Waals surface area (Å²) in [4.78, 5) is 13.0. The fraction of sp³-hybridized carbons (Fsp3) is 0.286. The lowest BCUT2D eigenvalue weighted by Gasteiger charge is -2.16. The van der Waals surface area contributed by atoms with Gasteiger partial charge < -0.3 is 14.7 Å². The fourth-order valence-corrected chi connectivity index (χ4v) is 2.13. The third-order valence-corrected chi connectivity index (χ3v) is 2.98. The summed E-state index contributed by atoms with van der Waals surface area (Å²) in [5.74, 6) is -0.662. The molecule has 2 rings (SSSR count). The Morgan fingerprint density at radius 2 is 1.91 bits per heavy atom. The average Bonchev–Trinajstić information content (AvgIpc) is 2.76. The number of alkyl halides is 2. The van der Waals surface area contributed by atoms with Crippen molar-refractivity contribution >= 4 is 11.8 Å². The molecule has 0 atom stereocenters. The van der Waals surface area contributed by atoms with Gasteiger partial charge in [-0.25, -0.2) is 9.48 Å². The summed E-state index contributed by atoms with van der Waals surface area (Å²) in [5.41, 5.74) is 1.00. The number of anilines is 1. The van der Waals surface area contributed by atoms with Crippen LogP contribution in [0.1, 0.15) is 16.1 Å². The minimum Gasteiger partial charge on any atom is -0.477 e. The van der Waals surface area contributed by atoms with E-state index in [9.17, 15) is 18.7 Å². The molecule has 0 saturated heterocycles. The molecule has 0 aliphatic rings. The molecule has 0 amide bonds. The zero-order valence-electron chi connectivity index (χ0n) is 12.2. The smallest absolute Gasteiger partial charge is 0.387 e. The minimum absolute atomic E-state index is 0.0208. The number of hydrogen-bond acceptors (Lipinski definition) is 4. The summed E-state index contributed by atoms with van der Waals surface area (Å²) in [6, 6.07) is 5.81. The van der Waals surface area contributed by atoms with Gasteiger partial charge in [0, 0.05) is 14.1 Å². The highest BCUT2D eigenvalue weighted by molar-refractivity contribution is 5.95. The van der Waals surface area contributed by atoms with Crippen LogP contribution in [-0.2, 0) is 0 Å². The summed E-state index contributed by atoms with van der Waals surface area (Å²) in [6.45, 7) is -1.30. The van der Waals surface area contributed by atoms with E-state index in [1.165, 1.54) is 28.9 Å². The third-order valence-electron chi connectivity index (χ3n) is 2.98. The number of nitrogens with zero attached hydrogens (tertiary/aromatic N) is 3. The summed E-state index contributed by atoms with van der Waals surface area (Å²) in [6.07, 6.45) is 0. The van der Waals surface area contributed by atoms with E-state index in [1.54, 1.807) is 25.9 Å². The van der Waals surface area contributed by atoms with Gasteiger partial charge >= 0.3 is 12.6 Å². The minimum atomic E-state index is -2.89. The van der Waals surface area contributed by atoms with Gasteiger partial charge in [-0.1, -0.05) is 0 Å². The van der Waals surface area contributed by atoms with Crippen molar-refractivity contribution in [2.24, 2.45) is 0 Å². The molecule has 0 spiro atoms. The lowest BCUT2D eigenvalue weighted by Crippen LogP contribution is -2.17. The number of halogens is 2. The number of carboxylic acid groups (broad SMARTS) is 1. The number of carboxylic acids is 1. The molecule has 0 unspecified atom stereocenters. The van der Waals surface area contributed by atoms with E-state index in [0.717, 1.165) is 0 Å². The quantitative estimate of drug-likeness (QED) is 0.919. The number of hydrogen-bond donors (Lipinski definition) is 1. The van der Waals surface area contributed by atoms with Crippen LogP contribution in [0.25, 0.3) is 5.69 Å². The van der Waals surface area contributed by atoms with E-state index in [0.29, 0.717) is 17.2 Å². The van der Waals surface area contributed by atoms with Crippen molar-refractivity contribution in [1.82, 2.24) is 9.78 Å². The SMILES string of the molecule is Cc1nn(-c2ccc(OC(F)F)cc2)c(N(C)C)c1C(=O)O. The molecule has 0 fully saturated rings. The van der Waals surface area contributed by atoms with Gasteiger partial charge in [0.25, 0.3) is 0 Å². The van der Waals surface area contributed by atoms with Crippen LogP contribution in [0, 0.1) is 6.92 Å². The molecule has 1 heterocycles. The second kappa shape index (κ2) is 6.00. The van der Waals surface area contributed by atoms with Crippen molar-refractivity contribution in [3.63, 3.8) is 0 Å². The number of carbonyl (C=O) groups is 1. The molecule has 1 aromatic carbocycles. The maximum Gasteiger partial charge on any atom is 0.387 e. The molecular formula is C14H15F2N3O3. The fourth-order valence-electron chi connectivity index (χ4n) is 2.13. The molecule has 1 aromatic heterocycles. The van der Waals surface area contributed by atoms with Crippen LogP contribution in [0.2, 0.25) is 0 Å². The first-order chi connectivity index (χ1) is 10.3. The Hall–Kier alpha value is -2.64. The topological polar surface area (TPSA) is 67.6 Å². The van der Waals surface area contributed by atoms with Gasteiger partial charge in [-0.05, 0) is 31.2 Å². The number of rotatable bonds is 5. The molecule has 0 radical (unpaired) electrons. The van der Waals surface area contributed by atoms with E-state index in [4.69, 9.17) is 0 Å². The van der Waals surface area contributed by atoms with Crippen LogP contribution in [-0.4, -0.2) is 41.6 Å².